The van der Waals surface area contributed by atoms with Crippen molar-refractivity contribution in [2.45, 2.75) is 6.42 Å². The highest BCUT2D eigenvalue weighted by Crippen LogP contribution is 2.23. The van der Waals surface area contributed by atoms with Gasteiger partial charge in [-0.25, -0.2) is 4.39 Å². The van der Waals surface area contributed by atoms with Crippen molar-refractivity contribution < 1.29 is 18.7 Å². The maximum Gasteiger partial charge on any atom is 0.248 e. The molecule has 0 saturated heterocycles. The molecule has 0 radical (unpaired) electrons. The van der Waals surface area contributed by atoms with Crippen LogP contribution >= 0.6 is 0 Å². The molecule has 2 aromatic rings. The fourth-order valence-electron chi connectivity index (χ4n) is 1.88. The van der Waals surface area contributed by atoms with Crippen LogP contribution in [0, 0.1) is 5.82 Å². The van der Waals surface area contributed by atoms with Crippen molar-refractivity contribution in [1.29, 1.82) is 0 Å². The second-order valence-electron chi connectivity index (χ2n) is 4.94. The van der Waals surface area contributed by atoms with Gasteiger partial charge in [0.25, 0.3) is 0 Å². The van der Waals surface area contributed by atoms with E-state index in [1.165, 1.54) is 18.2 Å². The molecule has 124 valence electrons. The number of para-hydroxylation sites is 2. The van der Waals surface area contributed by atoms with Gasteiger partial charge < -0.3 is 15.8 Å². The van der Waals surface area contributed by atoms with Crippen LogP contribution in [0.2, 0.25) is 0 Å². The maximum absolute atomic E-state index is 12.8. The van der Waals surface area contributed by atoms with Gasteiger partial charge >= 0.3 is 0 Å². The molecule has 0 aliphatic rings. The van der Waals surface area contributed by atoms with E-state index < -0.39 is 5.91 Å². The minimum absolute atomic E-state index is 0.0900. The van der Waals surface area contributed by atoms with Crippen molar-refractivity contribution in [2.75, 3.05) is 11.9 Å². The highest BCUT2D eigenvalue weighted by Gasteiger charge is 2.06. The molecule has 0 aromatic heterocycles. The number of hydrogen-bond donors (Lipinski definition) is 2. The van der Waals surface area contributed by atoms with Crippen LogP contribution in [-0.2, 0) is 9.59 Å². The van der Waals surface area contributed by atoms with Gasteiger partial charge in [-0.05, 0) is 35.9 Å². The molecule has 0 heterocycles. The Kier molecular flexibility index (Phi) is 6.08. The lowest BCUT2D eigenvalue weighted by atomic mass is 10.2. The van der Waals surface area contributed by atoms with Crippen LogP contribution in [-0.4, -0.2) is 18.4 Å². The summed E-state index contributed by atoms with van der Waals surface area (Å²) in [5, 5.41) is 2.69. The quantitative estimate of drug-likeness (QED) is 0.767. The van der Waals surface area contributed by atoms with Gasteiger partial charge in [0, 0.05) is 6.08 Å². The Morgan fingerprint density at radius 2 is 1.83 bits per heavy atom. The summed E-state index contributed by atoms with van der Waals surface area (Å²) in [5.41, 5.74) is 6.25. The Hall–Kier alpha value is -3.15. The summed E-state index contributed by atoms with van der Waals surface area (Å²) >= 11 is 0. The van der Waals surface area contributed by atoms with Crippen molar-refractivity contribution in [3.8, 4) is 5.75 Å². The molecule has 0 bridgehead atoms. The zero-order valence-electron chi connectivity index (χ0n) is 12.9. The Balaban J connectivity index is 1.98. The Bertz CT molecular complexity index is 742. The summed E-state index contributed by atoms with van der Waals surface area (Å²) in [6, 6.07) is 12.6. The molecule has 6 heteroatoms. The molecule has 2 rings (SSSR count). The molecule has 2 amide bonds. The van der Waals surface area contributed by atoms with Crippen LogP contribution in [0.1, 0.15) is 12.0 Å². The lowest BCUT2D eigenvalue weighted by Gasteiger charge is -2.10. The number of ether oxygens (including phenoxy) is 1. The molecule has 0 aliphatic carbocycles. The van der Waals surface area contributed by atoms with Gasteiger partial charge in [-0.2, -0.15) is 0 Å². The molecular formula is C18H17FN2O3. The molecule has 0 saturated carbocycles. The number of benzene rings is 2. The van der Waals surface area contributed by atoms with Crippen LogP contribution in [0.3, 0.4) is 0 Å². The van der Waals surface area contributed by atoms with Gasteiger partial charge in [0.1, 0.15) is 11.6 Å². The van der Waals surface area contributed by atoms with E-state index in [9.17, 15) is 14.0 Å². The average Bonchev–Trinajstić information content (AvgIpc) is 2.55. The lowest BCUT2D eigenvalue weighted by Crippen LogP contribution is -2.15. The molecule has 5 nitrogen and oxygen atoms in total. The third kappa shape index (κ3) is 5.57. The van der Waals surface area contributed by atoms with E-state index in [4.69, 9.17) is 10.5 Å². The van der Waals surface area contributed by atoms with E-state index in [2.05, 4.69) is 5.32 Å². The van der Waals surface area contributed by atoms with Gasteiger partial charge in [0.2, 0.25) is 11.8 Å². The third-order valence-electron chi connectivity index (χ3n) is 3.05. The number of carbonyl (C=O) groups excluding carboxylic acids is 2. The first kappa shape index (κ1) is 17.2. The zero-order valence-corrected chi connectivity index (χ0v) is 12.9. The van der Waals surface area contributed by atoms with E-state index in [0.717, 1.165) is 0 Å². The van der Waals surface area contributed by atoms with Crippen molar-refractivity contribution in [2.24, 2.45) is 5.73 Å². The number of anilines is 1. The molecule has 0 atom stereocenters. The Morgan fingerprint density at radius 1 is 1.12 bits per heavy atom. The van der Waals surface area contributed by atoms with Crippen molar-refractivity contribution in [1.82, 2.24) is 0 Å². The number of amides is 2. The Labute approximate surface area is 138 Å². The summed E-state index contributed by atoms with van der Waals surface area (Å²) in [5.74, 6) is -0.704. The fourth-order valence-corrected chi connectivity index (χ4v) is 1.88. The number of primary amides is 1. The van der Waals surface area contributed by atoms with Gasteiger partial charge in [0.05, 0.1) is 18.7 Å². The Morgan fingerprint density at radius 3 is 2.54 bits per heavy atom. The largest absolute Gasteiger partial charge is 0.491 e. The molecule has 24 heavy (non-hydrogen) atoms. The first-order valence-electron chi connectivity index (χ1n) is 7.29. The van der Waals surface area contributed by atoms with Crippen molar-refractivity contribution >= 4 is 23.6 Å². The number of nitrogens with one attached hydrogen (secondary N) is 1. The van der Waals surface area contributed by atoms with Crippen LogP contribution in [0.5, 0.6) is 5.75 Å². The average molecular weight is 328 g/mol. The predicted octanol–water partition coefficient (Wildman–Crippen LogP) is 2.73. The molecule has 0 fully saturated rings. The summed E-state index contributed by atoms with van der Waals surface area (Å²) in [4.78, 5) is 22.7. The molecule has 3 N–H and O–H groups in total. The highest BCUT2D eigenvalue weighted by molar-refractivity contribution is 6.02. The fraction of sp³-hybridized carbons (Fsp3) is 0.111. The van der Waals surface area contributed by atoms with Crippen LogP contribution in [0.15, 0.2) is 54.6 Å². The summed E-state index contributed by atoms with van der Waals surface area (Å²) in [6.07, 6.45) is 3.01. The van der Waals surface area contributed by atoms with Crippen molar-refractivity contribution in [3.05, 3.63) is 66.0 Å². The number of rotatable bonds is 7. The van der Waals surface area contributed by atoms with Crippen LogP contribution in [0.25, 0.3) is 6.08 Å². The zero-order chi connectivity index (χ0) is 17.4. The highest BCUT2D eigenvalue weighted by atomic mass is 19.1. The second kappa shape index (κ2) is 8.47. The van der Waals surface area contributed by atoms with Crippen molar-refractivity contribution in [3.63, 3.8) is 0 Å². The molecule has 2 aromatic carbocycles. The second-order valence-corrected chi connectivity index (χ2v) is 4.94. The number of halogens is 1. The van der Waals surface area contributed by atoms with E-state index in [1.54, 1.807) is 42.5 Å². The SMILES string of the molecule is NC(=O)CCOc1ccccc1NC(=O)/C=C/c1ccc(F)cc1. The number of nitrogens with two attached hydrogens (primary N) is 1. The first-order valence-corrected chi connectivity index (χ1v) is 7.29. The lowest BCUT2D eigenvalue weighted by molar-refractivity contribution is -0.118. The molecule has 0 aliphatic heterocycles. The minimum Gasteiger partial charge on any atom is -0.491 e. The van der Waals surface area contributed by atoms with Crippen LogP contribution < -0.4 is 15.8 Å². The minimum atomic E-state index is -0.459. The van der Waals surface area contributed by atoms with E-state index in [0.29, 0.717) is 17.0 Å². The summed E-state index contributed by atoms with van der Waals surface area (Å²) < 4.78 is 18.3. The normalized spacial score (nSPS) is 10.5. The number of hydrogen-bond acceptors (Lipinski definition) is 3. The van der Waals surface area contributed by atoms with Gasteiger partial charge in [-0.15, -0.1) is 0 Å². The first-order chi connectivity index (χ1) is 11.5. The third-order valence-corrected chi connectivity index (χ3v) is 3.05. The molecule has 0 spiro atoms. The molecular weight excluding hydrogens is 311 g/mol. The maximum atomic E-state index is 12.8. The topological polar surface area (TPSA) is 81.4 Å². The monoisotopic (exact) mass is 328 g/mol. The standard InChI is InChI=1S/C18H17FN2O3/c19-14-8-5-13(6-9-14)7-10-18(23)21-15-3-1-2-4-16(15)24-12-11-17(20)22/h1-10H,11-12H2,(H2,20,22)(H,21,23)/b10-7+. The van der Waals surface area contributed by atoms with E-state index in [1.807, 2.05) is 0 Å². The predicted molar refractivity (Wildman–Crippen MR) is 89.8 cm³/mol. The van der Waals surface area contributed by atoms with Gasteiger partial charge in [-0.3, -0.25) is 9.59 Å². The number of carbonyl (C=O) groups is 2. The van der Waals surface area contributed by atoms with Gasteiger partial charge in [0.15, 0.2) is 0 Å². The smallest absolute Gasteiger partial charge is 0.248 e. The van der Waals surface area contributed by atoms with Gasteiger partial charge in [-0.1, -0.05) is 24.3 Å². The summed E-state index contributed by atoms with van der Waals surface area (Å²) in [7, 11) is 0. The summed E-state index contributed by atoms with van der Waals surface area (Å²) in [6.45, 7) is 0.133. The van der Waals surface area contributed by atoms with Crippen LogP contribution in [0.4, 0.5) is 10.1 Å². The van der Waals surface area contributed by atoms with E-state index >= 15 is 0 Å². The molecule has 0 unspecified atom stereocenters. The van der Waals surface area contributed by atoms with E-state index in [-0.39, 0.29) is 24.8 Å².